The Morgan fingerprint density at radius 1 is 1.30 bits per heavy atom. The maximum absolute atomic E-state index is 11.4. The molecule has 2 heterocycles. The molecule has 6 N–H and O–H groups in total. The number of hydrogen-bond donors (Lipinski definition) is 4. The summed E-state index contributed by atoms with van der Waals surface area (Å²) in [5.74, 6) is -0.148. The number of anilines is 4. The smallest absolute Gasteiger partial charge is 0.256 e. The maximum atomic E-state index is 11.4. The molecule has 0 unspecified atom stereocenters. The number of nitrogens with two attached hydrogens (primary N) is 2. The number of nitrogens with one attached hydrogen (secondary N) is 2. The number of hydrogen-bond acceptors (Lipinski definition) is 5. The third kappa shape index (κ3) is 3.34. The van der Waals surface area contributed by atoms with Crippen molar-refractivity contribution in [3.8, 4) is 0 Å². The van der Waals surface area contributed by atoms with Gasteiger partial charge in [0.05, 0.1) is 0 Å². The Labute approximate surface area is 139 Å². The molecule has 7 nitrogen and oxygen atoms in total. The van der Waals surface area contributed by atoms with Crippen LogP contribution in [0, 0.1) is 0 Å². The molecule has 0 aliphatic carbocycles. The number of carbonyl (C=O) groups is 1. The number of aromatic nitrogens is 2. The van der Waals surface area contributed by atoms with Gasteiger partial charge in [-0.25, -0.2) is 0 Å². The van der Waals surface area contributed by atoms with Gasteiger partial charge in [0, 0.05) is 29.8 Å². The van der Waals surface area contributed by atoms with Gasteiger partial charge in [-0.05, 0) is 37.1 Å². The Hall–Kier alpha value is -2.41. The van der Waals surface area contributed by atoms with Crippen LogP contribution in [0.15, 0.2) is 24.3 Å². The number of benzene rings is 1. The van der Waals surface area contributed by atoms with E-state index in [1.807, 2.05) is 24.3 Å². The summed E-state index contributed by atoms with van der Waals surface area (Å²) in [5.41, 5.74) is 13.1. The van der Waals surface area contributed by atoms with Crippen molar-refractivity contribution in [1.29, 1.82) is 0 Å². The second-order valence-electron chi connectivity index (χ2n) is 5.56. The number of primary amides is 1. The molecule has 1 fully saturated rings. The Kier molecular flexibility index (Phi) is 4.29. The van der Waals surface area contributed by atoms with Crippen LogP contribution in [-0.4, -0.2) is 34.6 Å². The van der Waals surface area contributed by atoms with Gasteiger partial charge in [-0.15, -0.1) is 11.6 Å². The van der Waals surface area contributed by atoms with E-state index in [2.05, 4.69) is 20.4 Å². The molecule has 1 aliphatic rings. The number of alkyl halides is 1. The molecular weight excluding hydrogens is 316 g/mol. The number of aromatic amines is 1. The van der Waals surface area contributed by atoms with E-state index >= 15 is 0 Å². The van der Waals surface area contributed by atoms with E-state index in [-0.39, 0.29) is 16.8 Å². The van der Waals surface area contributed by atoms with E-state index in [1.54, 1.807) is 0 Å². The third-order valence-electron chi connectivity index (χ3n) is 3.96. The van der Waals surface area contributed by atoms with Crippen LogP contribution in [-0.2, 0) is 0 Å². The van der Waals surface area contributed by atoms with Gasteiger partial charge in [-0.3, -0.25) is 9.89 Å². The van der Waals surface area contributed by atoms with Gasteiger partial charge < -0.3 is 21.7 Å². The summed E-state index contributed by atoms with van der Waals surface area (Å²) in [6.45, 7) is 1.92. The molecule has 1 amide bonds. The number of halogens is 1. The van der Waals surface area contributed by atoms with Crippen molar-refractivity contribution in [3.63, 3.8) is 0 Å². The number of carbonyl (C=O) groups excluding carboxylic acids is 1. The zero-order valence-corrected chi connectivity index (χ0v) is 13.3. The molecule has 1 aliphatic heterocycles. The van der Waals surface area contributed by atoms with Crippen LogP contribution in [0.5, 0.6) is 0 Å². The van der Waals surface area contributed by atoms with E-state index in [0.717, 1.165) is 37.3 Å². The monoisotopic (exact) mass is 334 g/mol. The predicted octanol–water partition coefficient (Wildman–Crippen LogP) is 2.04. The number of nitrogens with zero attached hydrogens (tertiary/aromatic N) is 2. The van der Waals surface area contributed by atoms with Crippen LogP contribution in [0.4, 0.5) is 23.0 Å². The summed E-state index contributed by atoms with van der Waals surface area (Å²) >= 11 is 6.13. The zero-order chi connectivity index (χ0) is 16.4. The van der Waals surface area contributed by atoms with E-state index in [4.69, 9.17) is 23.1 Å². The van der Waals surface area contributed by atoms with Crippen LogP contribution in [0.2, 0.25) is 0 Å². The molecule has 1 aromatic carbocycles. The van der Waals surface area contributed by atoms with Gasteiger partial charge in [0.2, 0.25) is 0 Å². The van der Waals surface area contributed by atoms with Crippen molar-refractivity contribution >= 4 is 40.5 Å². The molecule has 1 aromatic heterocycles. The Balaban J connectivity index is 1.72. The summed E-state index contributed by atoms with van der Waals surface area (Å²) in [7, 11) is 0. The summed E-state index contributed by atoms with van der Waals surface area (Å²) in [6, 6.07) is 7.91. The Morgan fingerprint density at radius 2 is 1.96 bits per heavy atom. The summed E-state index contributed by atoms with van der Waals surface area (Å²) in [6.07, 6.45) is 1.99. The van der Waals surface area contributed by atoms with Gasteiger partial charge in [0.15, 0.2) is 5.82 Å². The minimum Gasteiger partial charge on any atom is -0.383 e. The molecular formula is C15H19ClN6O. The fraction of sp³-hybridized carbons (Fsp3) is 0.333. The van der Waals surface area contributed by atoms with Crippen molar-refractivity contribution in [2.45, 2.75) is 18.2 Å². The topological polar surface area (TPSA) is 113 Å². The molecule has 0 saturated carbocycles. The summed E-state index contributed by atoms with van der Waals surface area (Å²) < 4.78 is 0. The number of amides is 1. The molecule has 3 rings (SSSR count). The van der Waals surface area contributed by atoms with Gasteiger partial charge in [-0.1, -0.05) is 0 Å². The number of nitrogen functional groups attached to an aromatic ring is 1. The van der Waals surface area contributed by atoms with Crippen molar-refractivity contribution in [1.82, 2.24) is 10.2 Å². The lowest BCUT2D eigenvalue weighted by Crippen LogP contribution is -2.33. The number of piperidine rings is 1. The maximum Gasteiger partial charge on any atom is 0.256 e. The minimum atomic E-state index is -0.626. The summed E-state index contributed by atoms with van der Waals surface area (Å²) in [5, 5.41) is 9.85. The highest BCUT2D eigenvalue weighted by atomic mass is 35.5. The molecule has 0 atom stereocenters. The fourth-order valence-corrected chi connectivity index (χ4v) is 2.89. The molecule has 0 spiro atoms. The minimum absolute atomic E-state index is 0.153. The van der Waals surface area contributed by atoms with Gasteiger partial charge in [0.25, 0.3) is 5.91 Å². The molecule has 8 heteroatoms. The first-order valence-corrected chi connectivity index (χ1v) is 7.88. The molecule has 0 bridgehead atoms. The molecule has 0 radical (unpaired) electrons. The fourth-order valence-electron chi connectivity index (χ4n) is 2.69. The second-order valence-corrected chi connectivity index (χ2v) is 6.18. The van der Waals surface area contributed by atoms with Crippen molar-refractivity contribution < 1.29 is 4.79 Å². The van der Waals surface area contributed by atoms with Gasteiger partial charge in [-0.2, -0.15) is 5.10 Å². The highest BCUT2D eigenvalue weighted by Gasteiger charge is 2.18. The zero-order valence-electron chi connectivity index (χ0n) is 12.6. The first-order chi connectivity index (χ1) is 11.0. The average molecular weight is 335 g/mol. The molecule has 23 heavy (non-hydrogen) atoms. The lowest BCUT2D eigenvalue weighted by atomic mass is 10.1. The average Bonchev–Trinajstić information content (AvgIpc) is 2.90. The SMILES string of the molecule is NC(=O)c1c(Nc2ccc(N3CCC(Cl)CC3)cc2)n[nH]c1N. The van der Waals surface area contributed by atoms with Gasteiger partial charge in [0.1, 0.15) is 11.4 Å². The van der Waals surface area contributed by atoms with E-state index in [0.29, 0.717) is 5.82 Å². The highest BCUT2D eigenvalue weighted by Crippen LogP contribution is 2.26. The van der Waals surface area contributed by atoms with Crippen molar-refractivity contribution in [3.05, 3.63) is 29.8 Å². The normalized spacial score (nSPS) is 15.6. The van der Waals surface area contributed by atoms with Crippen LogP contribution < -0.4 is 21.7 Å². The Bertz CT molecular complexity index is 690. The summed E-state index contributed by atoms with van der Waals surface area (Å²) in [4.78, 5) is 13.7. The molecule has 1 saturated heterocycles. The lowest BCUT2D eigenvalue weighted by Gasteiger charge is -2.31. The van der Waals surface area contributed by atoms with Crippen LogP contribution in [0.3, 0.4) is 0 Å². The second kappa shape index (κ2) is 6.37. The van der Waals surface area contributed by atoms with Gasteiger partial charge >= 0.3 is 0 Å². The van der Waals surface area contributed by atoms with E-state index in [9.17, 15) is 4.79 Å². The van der Waals surface area contributed by atoms with Crippen molar-refractivity contribution in [2.24, 2.45) is 5.73 Å². The molecule has 2 aromatic rings. The quantitative estimate of drug-likeness (QED) is 0.639. The standard InChI is InChI=1S/C15H19ClN6O/c16-9-5-7-22(8-6-9)11-3-1-10(2-4-11)19-15-12(14(18)23)13(17)20-21-15/h1-4,9H,5-8H2,(H2,18,23)(H4,17,19,20,21). The van der Waals surface area contributed by atoms with E-state index in [1.165, 1.54) is 0 Å². The Morgan fingerprint density at radius 3 is 2.57 bits per heavy atom. The third-order valence-corrected chi connectivity index (χ3v) is 4.40. The number of rotatable bonds is 4. The lowest BCUT2D eigenvalue weighted by molar-refractivity contribution is 0.100. The van der Waals surface area contributed by atoms with Crippen molar-refractivity contribution in [2.75, 3.05) is 29.0 Å². The van der Waals surface area contributed by atoms with Crippen LogP contribution >= 0.6 is 11.6 Å². The highest BCUT2D eigenvalue weighted by molar-refractivity contribution is 6.20. The largest absolute Gasteiger partial charge is 0.383 e. The first-order valence-electron chi connectivity index (χ1n) is 7.44. The van der Waals surface area contributed by atoms with Crippen LogP contribution in [0.25, 0.3) is 0 Å². The molecule has 122 valence electrons. The van der Waals surface area contributed by atoms with E-state index < -0.39 is 5.91 Å². The first kappa shape index (κ1) is 15.5. The predicted molar refractivity (Wildman–Crippen MR) is 92.3 cm³/mol. The number of H-pyrrole nitrogens is 1. The van der Waals surface area contributed by atoms with Crippen LogP contribution in [0.1, 0.15) is 23.2 Å².